The summed E-state index contributed by atoms with van der Waals surface area (Å²) >= 11 is 0. The number of aromatic carboxylic acids is 1. The smallest absolute Gasteiger partial charge is 0.335 e. The molecule has 14 heteroatoms. The van der Waals surface area contributed by atoms with E-state index in [1.54, 1.807) is 31.4 Å². The number of rotatable bonds is 9. The van der Waals surface area contributed by atoms with Crippen LogP contribution in [0.5, 0.6) is 5.88 Å². The highest BCUT2D eigenvalue weighted by Crippen LogP contribution is 2.40. The maximum absolute atomic E-state index is 15.7. The van der Waals surface area contributed by atoms with Gasteiger partial charge >= 0.3 is 5.97 Å². The van der Waals surface area contributed by atoms with E-state index in [2.05, 4.69) is 20.3 Å². The van der Waals surface area contributed by atoms with Crippen LogP contribution in [0.3, 0.4) is 0 Å². The van der Waals surface area contributed by atoms with E-state index < -0.39 is 23.4 Å². The second-order valence-corrected chi connectivity index (χ2v) is 12.6. The number of halogens is 3. The quantitative estimate of drug-likeness (QED) is 0.192. The van der Waals surface area contributed by atoms with E-state index >= 15 is 8.78 Å². The Morgan fingerprint density at radius 1 is 1.00 bits per heavy atom. The Morgan fingerprint density at radius 3 is 2.53 bits per heavy atom. The Labute approximate surface area is 278 Å². The number of aromatic nitrogens is 7. The van der Waals surface area contributed by atoms with E-state index in [9.17, 15) is 14.3 Å². The van der Waals surface area contributed by atoms with Gasteiger partial charge in [-0.3, -0.25) is 9.67 Å². The molecule has 1 aliphatic rings. The number of fused-ring (bicyclic) bond motifs is 1. The van der Waals surface area contributed by atoms with E-state index in [1.165, 1.54) is 35.1 Å². The van der Waals surface area contributed by atoms with Gasteiger partial charge in [-0.1, -0.05) is 25.1 Å². The molecule has 250 valence electrons. The summed E-state index contributed by atoms with van der Waals surface area (Å²) in [6.07, 6.45) is 2.89. The van der Waals surface area contributed by atoms with Gasteiger partial charge in [0.2, 0.25) is 5.88 Å². The van der Waals surface area contributed by atoms with Gasteiger partial charge in [0.1, 0.15) is 35.6 Å². The van der Waals surface area contributed by atoms with Gasteiger partial charge in [0.15, 0.2) is 0 Å². The lowest BCUT2D eigenvalue weighted by Crippen LogP contribution is -2.27. The number of benzene rings is 2. The van der Waals surface area contributed by atoms with Crippen LogP contribution in [0.1, 0.15) is 47.2 Å². The largest absolute Gasteiger partial charge is 0.478 e. The number of pyridine rings is 2. The number of carboxylic acids is 1. The van der Waals surface area contributed by atoms with Crippen molar-refractivity contribution in [3.63, 3.8) is 0 Å². The van der Waals surface area contributed by atoms with Crippen LogP contribution < -0.4 is 4.74 Å². The molecular formula is C35H30F3N7O4. The van der Waals surface area contributed by atoms with Crippen LogP contribution in [0.4, 0.5) is 13.2 Å². The van der Waals surface area contributed by atoms with Crippen molar-refractivity contribution in [3.05, 3.63) is 107 Å². The first-order valence-corrected chi connectivity index (χ1v) is 15.4. The molecule has 0 spiro atoms. The summed E-state index contributed by atoms with van der Waals surface area (Å²) in [5.41, 5.74) is 1.89. The molecule has 49 heavy (non-hydrogen) atoms. The normalized spacial score (nSPS) is 15.6. The number of hydrogen-bond donors (Lipinski definition) is 1. The molecule has 0 saturated carbocycles. The van der Waals surface area contributed by atoms with Gasteiger partial charge in [0.05, 0.1) is 53.4 Å². The Morgan fingerprint density at radius 2 is 1.82 bits per heavy atom. The lowest BCUT2D eigenvalue weighted by atomic mass is 9.87. The molecule has 0 radical (unpaired) electrons. The number of hydrogen-bond acceptors (Lipinski definition) is 8. The molecular weight excluding hydrogens is 639 g/mol. The van der Waals surface area contributed by atoms with Crippen molar-refractivity contribution in [2.75, 3.05) is 13.2 Å². The second kappa shape index (κ2) is 12.4. The van der Waals surface area contributed by atoms with Gasteiger partial charge in [-0.2, -0.15) is 0 Å². The molecule has 1 aliphatic heterocycles. The zero-order chi connectivity index (χ0) is 34.4. The maximum atomic E-state index is 15.7. The Kier molecular flexibility index (Phi) is 8.11. The number of ether oxygens (including phenoxy) is 2. The van der Waals surface area contributed by atoms with Crippen LogP contribution >= 0.6 is 0 Å². The van der Waals surface area contributed by atoms with Crippen LogP contribution in [0.2, 0.25) is 0 Å². The van der Waals surface area contributed by atoms with Crippen molar-refractivity contribution < 1.29 is 32.5 Å². The Hall–Kier alpha value is -5.63. The molecule has 6 aromatic rings. The minimum atomic E-state index is -1.08. The van der Waals surface area contributed by atoms with E-state index in [1.807, 2.05) is 18.4 Å². The number of carbonyl (C=O) groups is 1. The van der Waals surface area contributed by atoms with Crippen molar-refractivity contribution in [1.29, 1.82) is 0 Å². The molecule has 11 nitrogen and oxygen atoms in total. The minimum absolute atomic E-state index is 0.0570. The van der Waals surface area contributed by atoms with Gasteiger partial charge in [-0.05, 0) is 42.0 Å². The lowest BCUT2D eigenvalue weighted by Gasteiger charge is -2.28. The van der Waals surface area contributed by atoms with E-state index in [4.69, 9.17) is 14.5 Å². The molecule has 1 saturated heterocycles. The summed E-state index contributed by atoms with van der Waals surface area (Å²) in [5.74, 6) is -2.50. The van der Waals surface area contributed by atoms with E-state index in [0.29, 0.717) is 41.5 Å². The van der Waals surface area contributed by atoms with Gasteiger partial charge in [0, 0.05) is 48.3 Å². The topological polar surface area (TPSA) is 130 Å². The number of aryl methyl sites for hydroxylation is 1. The average molecular weight is 670 g/mol. The fraction of sp³-hybridized carbons (Fsp3) is 0.257. The van der Waals surface area contributed by atoms with Crippen molar-refractivity contribution in [2.45, 2.75) is 32.9 Å². The molecule has 1 atom stereocenters. The van der Waals surface area contributed by atoms with Crippen LogP contribution in [0.15, 0.2) is 67.0 Å². The first-order chi connectivity index (χ1) is 23.5. The lowest BCUT2D eigenvalue weighted by molar-refractivity contribution is 0.0697. The zero-order valence-corrected chi connectivity index (χ0v) is 26.7. The molecule has 1 fully saturated rings. The van der Waals surface area contributed by atoms with Gasteiger partial charge in [-0.15, -0.1) is 5.10 Å². The third kappa shape index (κ3) is 6.22. The highest BCUT2D eigenvalue weighted by molar-refractivity contribution is 5.92. The predicted molar refractivity (Wildman–Crippen MR) is 171 cm³/mol. The summed E-state index contributed by atoms with van der Waals surface area (Å²) in [5, 5.41) is 17.4. The molecule has 7 rings (SSSR count). The van der Waals surface area contributed by atoms with Gasteiger partial charge < -0.3 is 19.1 Å². The summed E-state index contributed by atoms with van der Waals surface area (Å²) in [6, 6.07) is 12.5. The van der Waals surface area contributed by atoms with Crippen LogP contribution in [-0.4, -0.2) is 58.8 Å². The Bertz CT molecular complexity index is 2230. The summed E-state index contributed by atoms with van der Waals surface area (Å²) in [6.45, 7) is 4.70. The third-order valence-corrected chi connectivity index (χ3v) is 8.63. The summed E-state index contributed by atoms with van der Waals surface area (Å²) in [4.78, 5) is 25.0. The zero-order valence-electron chi connectivity index (χ0n) is 26.7. The molecule has 2 aromatic carbocycles. The Balaban J connectivity index is 1.14. The summed E-state index contributed by atoms with van der Waals surface area (Å²) in [7, 11) is 1.69. The minimum Gasteiger partial charge on any atom is -0.478 e. The molecule has 1 unspecified atom stereocenters. The van der Waals surface area contributed by atoms with Crippen LogP contribution in [0.25, 0.3) is 33.7 Å². The highest BCUT2D eigenvalue weighted by Gasteiger charge is 2.39. The first-order valence-electron chi connectivity index (χ1n) is 15.4. The van der Waals surface area contributed by atoms with E-state index in [0.717, 1.165) is 12.1 Å². The second-order valence-electron chi connectivity index (χ2n) is 12.6. The average Bonchev–Trinajstić information content (AvgIpc) is 3.76. The summed E-state index contributed by atoms with van der Waals surface area (Å²) < 4.78 is 61.1. The maximum Gasteiger partial charge on any atom is 0.335 e. The predicted octanol–water partition coefficient (Wildman–Crippen LogP) is 6.17. The van der Waals surface area contributed by atoms with Crippen LogP contribution in [0, 0.1) is 22.9 Å². The molecule has 0 aliphatic carbocycles. The molecule has 5 heterocycles. The molecule has 4 aromatic heterocycles. The van der Waals surface area contributed by atoms with Crippen molar-refractivity contribution in [1.82, 2.24) is 34.5 Å². The fourth-order valence-electron chi connectivity index (χ4n) is 5.98. The molecule has 0 amide bonds. The molecule has 1 N–H and O–H groups in total. The molecule has 0 bridgehead atoms. The van der Waals surface area contributed by atoms with Crippen molar-refractivity contribution in [2.24, 2.45) is 12.5 Å². The van der Waals surface area contributed by atoms with Gasteiger partial charge in [-0.25, -0.2) is 27.9 Å². The number of imidazole rings is 1. The van der Waals surface area contributed by atoms with Crippen molar-refractivity contribution in [3.8, 4) is 28.5 Å². The fourth-order valence-corrected chi connectivity index (χ4v) is 5.98. The van der Waals surface area contributed by atoms with Crippen LogP contribution in [-0.2, 0) is 24.8 Å². The monoisotopic (exact) mass is 669 g/mol. The number of carboxylic acid groups (broad SMARTS) is 1. The SMILES string of the molecule is Cn1cc(-c2cc(F)c(COc3cccc(-c4cc(F)c(Cc5nc6ccc(C(=O)O)cc6n5C5COCC5(C)C)cc4F)n3)cn2)nn1. The standard InChI is InChI=1S/C35H30F3N7O4/c1-35(2)18-48-17-31(35)45-30-10-19(34(46)47)7-8-27(30)40-32(45)11-20-9-25(38)22(12-23(20)36)26-5-4-6-33(41-26)49-16-21-14-39-28(13-24(21)37)29-15-44(3)43-42-29/h4-10,12-15,31H,11,16-18H2,1-3H3,(H,46,47). The van der Waals surface area contributed by atoms with Gasteiger partial charge in [0.25, 0.3) is 0 Å². The van der Waals surface area contributed by atoms with Crippen molar-refractivity contribution >= 4 is 17.0 Å². The number of nitrogens with zero attached hydrogens (tertiary/aromatic N) is 7. The van der Waals surface area contributed by atoms with E-state index in [-0.39, 0.29) is 58.3 Å². The first kappa shape index (κ1) is 31.9. The highest BCUT2D eigenvalue weighted by atomic mass is 19.1. The third-order valence-electron chi connectivity index (χ3n) is 8.63.